The van der Waals surface area contributed by atoms with Crippen LogP contribution >= 0.6 is 0 Å². The Bertz CT molecular complexity index is 747. The van der Waals surface area contributed by atoms with E-state index in [2.05, 4.69) is 103 Å². The fraction of sp³-hybridized carbons (Fsp3) is 0.238. The van der Waals surface area contributed by atoms with Crippen molar-refractivity contribution in [2.75, 3.05) is 4.90 Å². The highest BCUT2D eigenvalue weighted by molar-refractivity contribution is 5.58. The van der Waals surface area contributed by atoms with Crippen LogP contribution < -0.4 is 4.90 Å². The van der Waals surface area contributed by atoms with Gasteiger partial charge in [0.1, 0.15) is 6.17 Å². The number of nitrogens with zero attached hydrogens (tertiary/aromatic N) is 2. The molecule has 2 aliphatic rings. The molecule has 2 unspecified atom stereocenters. The highest BCUT2D eigenvalue weighted by Gasteiger charge is 2.43. The van der Waals surface area contributed by atoms with Gasteiger partial charge in [0, 0.05) is 11.9 Å². The molecule has 2 aromatic rings. The first-order valence-electron chi connectivity index (χ1n) is 8.29. The lowest BCUT2D eigenvalue weighted by molar-refractivity contribution is 0.304. The summed E-state index contributed by atoms with van der Waals surface area (Å²) in [6, 6.07) is 20.3. The molecule has 1 saturated heterocycles. The van der Waals surface area contributed by atoms with Gasteiger partial charge in [0.05, 0.1) is 12.1 Å². The number of hydrogen-bond donors (Lipinski definition) is 0. The predicted molar refractivity (Wildman–Crippen MR) is 96.2 cm³/mol. The zero-order chi connectivity index (χ0) is 15.8. The molecule has 0 amide bonds. The van der Waals surface area contributed by atoms with E-state index < -0.39 is 0 Å². The van der Waals surface area contributed by atoms with Gasteiger partial charge >= 0.3 is 0 Å². The number of aryl methyl sites for hydroxylation is 1. The van der Waals surface area contributed by atoms with E-state index in [0.717, 1.165) is 0 Å². The summed E-state index contributed by atoms with van der Waals surface area (Å²) >= 11 is 0. The fourth-order valence-corrected chi connectivity index (χ4v) is 3.95. The number of benzene rings is 2. The van der Waals surface area contributed by atoms with Crippen molar-refractivity contribution in [1.82, 2.24) is 4.90 Å². The van der Waals surface area contributed by atoms with Crippen LogP contribution in [0.3, 0.4) is 0 Å². The Morgan fingerprint density at radius 2 is 1.61 bits per heavy atom. The Balaban J connectivity index is 1.81. The van der Waals surface area contributed by atoms with Crippen molar-refractivity contribution in [2.45, 2.75) is 32.1 Å². The average Bonchev–Trinajstić information content (AvgIpc) is 2.88. The molecule has 0 saturated carbocycles. The van der Waals surface area contributed by atoms with Gasteiger partial charge in [-0.15, -0.1) is 0 Å². The van der Waals surface area contributed by atoms with Crippen LogP contribution in [0.25, 0.3) is 0 Å². The summed E-state index contributed by atoms with van der Waals surface area (Å²) in [7, 11) is 0. The van der Waals surface area contributed by atoms with Crippen LogP contribution in [0.4, 0.5) is 5.69 Å². The van der Waals surface area contributed by atoms with Crippen molar-refractivity contribution < 1.29 is 0 Å². The Morgan fingerprint density at radius 1 is 0.870 bits per heavy atom. The number of rotatable bonds is 2. The summed E-state index contributed by atoms with van der Waals surface area (Å²) in [5.41, 5.74) is 4.03. The molecule has 0 spiro atoms. The van der Waals surface area contributed by atoms with Crippen LogP contribution in [0, 0.1) is 6.92 Å². The van der Waals surface area contributed by atoms with Gasteiger partial charge in [0.15, 0.2) is 0 Å². The van der Waals surface area contributed by atoms with E-state index in [0.29, 0.717) is 12.1 Å². The van der Waals surface area contributed by atoms with E-state index in [-0.39, 0.29) is 6.17 Å². The largest absolute Gasteiger partial charge is 0.345 e. The minimum atomic E-state index is 0.279. The second-order valence-electron chi connectivity index (χ2n) is 6.38. The van der Waals surface area contributed by atoms with Crippen molar-refractivity contribution in [3.05, 3.63) is 90.2 Å². The molecule has 0 radical (unpaired) electrons. The molecule has 2 nitrogen and oxygen atoms in total. The highest BCUT2D eigenvalue weighted by atomic mass is 15.4. The van der Waals surface area contributed by atoms with Crippen molar-refractivity contribution in [3.8, 4) is 0 Å². The lowest BCUT2D eigenvalue weighted by atomic mass is 10.00. The van der Waals surface area contributed by atoms with Crippen LogP contribution in [0.5, 0.6) is 0 Å². The third-order valence-electron chi connectivity index (χ3n) is 4.99. The van der Waals surface area contributed by atoms with E-state index in [1.165, 1.54) is 16.8 Å². The number of fused-ring (bicyclic) bond motifs is 1. The van der Waals surface area contributed by atoms with Gasteiger partial charge in [-0.1, -0.05) is 54.6 Å². The van der Waals surface area contributed by atoms with E-state index in [1.807, 2.05) is 0 Å². The summed E-state index contributed by atoms with van der Waals surface area (Å²) in [4.78, 5) is 5.03. The second kappa shape index (κ2) is 5.62. The molecule has 2 heterocycles. The molecule has 2 aliphatic heterocycles. The number of anilines is 1. The molecule has 0 aliphatic carbocycles. The van der Waals surface area contributed by atoms with Crippen molar-refractivity contribution in [2.24, 2.45) is 0 Å². The third-order valence-corrected chi connectivity index (χ3v) is 4.99. The van der Waals surface area contributed by atoms with E-state index in [9.17, 15) is 0 Å². The fourth-order valence-electron chi connectivity index (χ4n) is 3.95. The summed E-state index contributed by atoms with van der Waals surface area (Å²) in [6.07, 6.45) is 9.11. The van der Waals surface area contributed by atoms with Gasteiger partial charge in [-0.25, -0.2) is 0 Å². The first-order valence-corrected chi connectivity index (χ1v) is 8.29. The van der Waals surface area contributed by atoms with E-state index in [1.54, 1.807) is 0 Å². The first kappa shape index (κ1) is 14.1. The van der Waals surface area contributed by atoms with Gasteiger partial charge in [0.2, 0.25) is 0 Å². The number of para-hydroxylation sites is 1. The topological polar surface area (TPSA) is 6.48 Å². The Labute approximate surface area is 138 Å². The number of allylic oxidation sites excluding steroid dienone is 2. The van der Waals surface area contributed by atoms with Gasteiger partial charge < -0.3 is 9.80 Å². The maximum Gasteiger partial charge on any atom is 0.122 e. The Kier molecular flexibility index (Phi) is 3.45. The maximum absolute atomic E-state index is 2.55. The quantitative estimate of drug-likeness (QED) is 0.796. The molecule has 0 aromatic heterocycles. The predicted octanol–water partition coefficient (Wildman–Crippen LogP) is 4.66. The first-order chi connectivity index (χ1) is 11.3. The molecule has 0 bridgehead atoms. The van der Waals surface area contributed by atoms with Gasteiger partial charge in [0.25, 0.3) is 0 Å². The van der Waals surface area contributed by atoms with Crippen molar-refractivity contribution in [1.29, 1.82) is 0 Å². The van der Waals surface area contributed by atoms with Gasteiger partial charge in [-0.3, -0.25) is 0 Å². The summed E-state index contributed by atoms with van der Waals surface area (Å²) in [5.74, 6) is 0. The Morgan fingerprint density at radius 3 is 2.39 bits per heavy atom. The smallest absolute Gasteiger partial charge is 0.122 e. The lowest BCUT2D eigenvalue weighted by Gasteiger charge is -2.32. The Hall–Kier alpha value is -2.48. The zero-order valence-corrected chi connectivity index (χ0v) is 13.6. The molecule has 0 N–H and O–H groups in total. The third kappa shape index (κ3) is 2.26. The van der Waals surface area contributed by atoms with E-state index >= 15 is 0 Å². The summed E-state index contributed by atoms with van der Waals surface area (Å²) < 4.78 is 0. The van der Waals surface area contributed by atoms with Gasteiger partial charge in [-0.2, -0.15) is 0 Å². The molecule has 4 rings (SSSR count). The molecular formula is C21H22N2. The monoisotopic (exact) mass is 302 g/mol. The van der Waals surface area contributed by atoms with Crippen molar-refractivity contribution >= 4 is 5.69 Å². The summed E-state index contributed by atoms with van der Waals surface area (Å²) in [6.45, 7) is 4.54. The summed E-state index contributed by atoms with van der Waals surface area (Å²) in [5, 5.41) is 0. The molecule has 3 atom stereocenters. The van der Waals surface area contributed by atoms with E-state index in [4.69, 9.17) is 0 Å². The van der Waals surface area contributed by atoms with Gasteiger partial charge in [-0.05, 0) is 43.2 Å². The van der Waals surface area contributed by atoms with Crippen LogP contribution in [-0.2, 0) is 0 Å². The van der Waals surface area contributed by atoms with Crippen LogP contribution in [0.1, 0.15) is 24.1 Å². The molecule has 23 heavy (non-hydrogen) atoms. The van der Waals surface area contributed by atoms with Crippen LogP contribution in [-0.4, -0.2) is 17.1 Å². The standard InChI is InChI=1S/C21H22N2/c1-16-10-6-7-13-19(16)23-17(2)21(18-11-4-3-5-12-18)22-15-9-8-14-20(22)23/h3-15,17,20-21H,1-2H3/t17-,20?,21?/m0/s1. The molecule has 116 valence electrons. The van der Waals surface area contributed by atoms with Crippen molar-refractivity contribution in [3.63, 3.8) is 0 Å². The normalized spacial score (nSPS) is 25.7. The zero-order valence-electron chi connectivity index (χ0n) is 13.6. The molecule has 1 fully saturated rings. The average molecular weight is 302 g/mol. The molecule has 2 aromatic carbocycles. The van der Waals surface area contributed by atoms with Crippen LogP contribution in [0.2, 0.25) is 0 Å². The number of hydrogen-bond acceptors (Lipinski definition) is 2. The second-order valence-corrected chi connectivity index (χ2v) is 6.38. The lowest BCUT2D eigenvalue weighted by Crippen LogP contribution is -2.38. The molecule has 2 heteroatoms. The minimum Gasteiger partial charge on any atom is -0.345 e. The maximum atomic E-state index is 2.55. The van der Waals surface area contributed by atoms with Crippen LogP contribution in [0.15, 0.2) is 79.0 Å². The molecular weight excluding hydrogens is 280 g/mol. The highest BCUT2D eigenvalue weighted by Crippen LogP contribution is 2.43. The minimum absolute atomic E-state index is 0.279. The SMILES string of the molecule is Cc1ccccc1N1C2C=CC=CN2C(c2ccccc2)[C@@H]1C.